The Labute approximate surface area is 114 Å². The highest BCUT2D eigenvalue weighted by Crippen LogP contribution is 2.11. The van der Waals surface area contributed by atoms with Crippen LogP contribution in [0.2, 0.25) is 0 Å². The summed E-state index contributed by atoms with van der Waals surface area (Å²) < 4.78 is 29.9. The van der Waals surface area contributed by atoms with Crippen LogP contribution in [0, 0.1) is 6.92 Å². The van der Waals surface area contributed by atoms with Gasteiger partial charge in [0.15, 0.2) is 0 Å². The number of nitrogens with zero attached hydrogens (tertiary/aromatic N) is 1. The third-order valence-electron chi connectivity index (χ3n) is 2.56. The van der Waals surface area contributed by atoms with Crippen molar-refractivity contribution in [1.82, 2.24) is 4.31 Å². The number of hydrogen-bond acceptors (Lipinski definition) is 4. The van der Waals surface area contributed by atoms with Crippen LogP contribution in [0.25, 0.3) is 0 Å². The van der Waals surface area contributed by atoms with Crippen molar-refractivity contribution in [2.75, 3.05) is 20.2 Å². The molecule has 0 atom stereocenters. The first-order valence-corrected chi connectivity index (χ1v) is 7.61. The van der Waals surface area contributed by atoms with Gasteiger partial charge in [-0.05, 0) is 19.4 Å². The third-order valence-corrected chi connectivity index (χ3v) is 4.34. The summed E-state index contributed by atoms with van der Waals surface area (Å²) in [6.07, 6.45) is 0. The maximum atomic E-state index is 12.1. The predicted molar refractivity (Wildman–Crippen MR) is 73.1 cm³/mol. The van der Waals surface area contributed by atoms with Crippen LogP contribution >= 0.6 is 0 Å². The van der Waals surface area contributed by atoms with Crippen LogP contribution in [0.3, 0.4) is 0 Å². The Bertz CT molecular complexity index is 539. The molecule has 6 heteroatoms. The smallest absolute Gasteiger partial charge is 0.321 e. The van der Waals surface area contributed by atoms with Gasteiger partial charge in [0.25, 0.3) is 0 Å². The molecule has 0 amide bonds. The van der Waals surface area contributed by atoms with E-state index in [1.165, 1.54) is 7.05 Å². The summed E-state index contributed by atoms with van der Waals surface area (Å²) in [4.78, 5) is 11.3. The number of carbonyl (C=O) groups excluding carboxylic acids is 1. The van der Waals surface area contributed by atoms with Crippen LogP contribution in [0.15, 0.2) is 24.3 Å². The topological polar surface area (TPSA) is 63.7 Å². The fourth-order valence-corrected chi connectivity index (χ4v) is 2.73. The van der Waals surface area contributed by atoms with Gasteiger partial charge >= 0.3 is 5.97 Å². The molecule has 0 saturated heterocycles. The molecule has 0 aliphatic heterocycles. The van der Waals surface area contributed by atoms with Crippen molar-refractivity contribution in [1.29, 1.82) is 0 Å². The lowest BCUT2D eigenvalue weighted by Gasteiger charge is -2.16. The average molecular weight is 285 g/mol. The highest BCUT2D eigenvalue weighted by molar-refractivity contribution is 7.88. The Balaban J connectivity index is 2.72. The Morgan fingerprint density at radius 1 is 1.37 bits per heavy atom. The van der Waals surface area contributed by atoms with Crippen LogP contribution in [-0.4, -0.2) is 38.9 Å². The summed E-state index contributed by atoms with van der Waals surface area (Å²) in [5.74, 6) is -0.664. The first-order valence-electron chi connectivity index (χ1n) is 6.00. The van der Waals surface area contributed by atoms with Crippen molar-refractivity contribution in [2.45, 2.75) is 19.6 Å². The van der Waals surface area contributed by atoms with Crippen molar-refractivity contribution < 1.29 is 17.9 Å². The quantitative estimate of drug-likeness (QED) is 0.739. The molecule has 1 aromatic carbocycles. The minimum absolute atomic E-state index is 0.120. The number of likely N-dealkylation sites (N-methyl/N-ethyl adjacent to an activating group) is 1. The summed E-state index contributed by atoms with van der Waals surface area (Å²) in [6, 6.07) is 7.28. The molecule has 0 saturated carbocycles. The summed E-state index contributed by atoms with van der Waals surface area (Å²) in [5, 5.41) is 0. The Morgan fingerprint density at radius 2 is 2.05 bits per heavy atom. The van der Waals surface area contributed by atoms with Gasteiger partial charge in [-0.1, -0.05) is 29.8 Å². The van der Waals surface area contributed by atoms with E-state index in [1.807, 2.05) is 25.1 Å². The van der Waals surface area contributed by atoms with E-state index in [-0.39, 0.29) is 18.9 Å². The SMILES string of the molecule is CCOC(=O)CN(C)S(=O)(=O)Cc1cccc(C)c1. The zero-order chi connectivity index (χ0) is 14.5. The van der Waals surface area contributed by atoms with Gasteiger partial charge < -0.3 is 4.74 Å². The third kappa shape index (κ3) is 5.00. The van der Waals surface area contributed by atoms with E-state index in [1.54, 1.807) is 13.0 Å². The van der Waals surface area contributed by atoms with Gasteiger partial charge in [0, 0.05) is 7.05 Å². The monoisotopic (exact) mass is 285 g/mol. The highest BCUT2D eigenvalue weighted by Gasteiger charge is 2.21. The second kappa shape index (κ2) is 6.68. The molecule has 0 aliphatic carbocycles. The lowest BCUT2D eigenvalue weighted by atomic mass is 10.2. The maximum Gasteiger partial charge on any atom is 0.321 e. The molecule has 0 N–H and O–H groups in total. The van der Waals surface area contributed by atoms with Gasteiger partial charge in [-0.2, -0.15) is 4.31 Å². The predicted octanol–water partition coefficient (Wildman–Crippen LogP) is 1.32. The standard InChI is InChI=1S/C13H19NO4S/c1-4-18-13(15)9-14(3)19(16,17)10-12-7-5-6-11(2)8-12/h5-8H,4,9-10H2,1-3H3. The van der Waals surface area contributed by atoms with Gasteiger partial charge in [-0.3, -0.25) is 4.79 Å². The normalized spacial score (nSPS) is 11.6. The molecule has 106 valence electrons. The first-order chi connectivity index (χ1) is 8.85. The minimum Gasteiger partial charge on any atom is -0.465 e. The molecule has 0 aromatic heterocycles. The van der Waals surface area contributed by atoms with Gasteiger partial charge in [-0.15, -0.1) is 0 Å². The molecule has 0 unspecified atom stereocenters. The molecule has 5 nitrogen and oxygen atoms in total. The van der Waals surface area contributed by atoms with E-state index < -0.39 is 16.0 Å². The Morgan fingerprint density at radius 3 is 2.63 bits per heavy atom. The van der Waals surface area contributed by atoms with Gasteiger partial charge in [-0.25, -0.2) is 8.42 Å². The number of rotatable bonds is 6. The zero-order valence-electron chi connectivity index (χ0n) is 11.4. The average Bonchev–Trinajstić information content (AvgIpc) is 2.28. The zero-order valence-corrected chi connectivity index (χ0v) is 12.2. The van der Waals surface area contributed by atoms with E-state index in [0.717, 1.165) is 9.87 Å². The van der Waals surface area contributed by atoms with E-state index in [0.29, 0.717) is 5.56 Å². The lowest BCUT2D eigenvalue weighted by molar-refractivity contribution is -0.143. The number of carbonyl (C=O) groups is 1. The fraction of sp³-hybridized carbons (Fsp3) is 0.462. The summed E-state index contributed by atoms with van der Waals surface area (Å²) in [5.41, 5.74) is 1.71. The summed E-state index contributed by atoms with van der Waals surface area (Å²) in [7, 11) is -2.13. The van der Waals surface area contributed by atoms with E-state index in [2.05, 4.69) is 0 Å². The number of benzene rings is 1. The van der Waals surface area contributed by atoms with Crippen molar-refractivity contribution in [3.63, 3.8) is 0 Å². The van der Waals surface area contributed by atoms with Gasteiger partial charge in [0.05, 0.1) is 12.4 Å². The molecule has 1 aromatic rings. The number of ether oxygens (including phenoxy) is 1. The molecule has 1 rings (SSSR count). The number of hydrogen-bond donors (Lipinski definition) is 0. The van der Waals surface area contributed by atoms with E-state index in [4.69, 9.17) is 4.74 Å². The first kappa shape index (κ1) is 15.7. The minimum atomic E-state index is -3.51. The van der Waals surface area contributed by atoms with Crippen molar-refractivity contribution in [3.8, 4) is 0 Å². The molecular formula is C13H19NO4S. The van der Waals surface area contributed by atoms with E-state index in [9.17, 15) is 13.2 Å². The van der Waals surface area contributed by atoms with Crippen LogP contribution < -0.4 is 0 Å². The van der Waals surface area contributed by atoms with Crippen molar-refractivity contribution >= 4 is 16.0 Å². The van der Waals surface area contributed by atoms with Crippen LogP contribution in [0.4, 0.5) is 0 Å². The molecule has 0 spiro atoms. The maximum absolute atomic E-state index is 12.1. The second-order valence-corrected chi connectivity index (χ2v) is 6.38. The van der Waals surface area contributed by atoms with Crippen molar-refractivity contribution in [2.24, 2.45) is 0 Å². The molecule has 19 heavy (non-hydrogen) atoms. The molecular weight excluding hydrogens is 266 g/mol. The van der Waals surface area contributed by atoms with Gasteiger partial charge in [0.1, 0.15) is 6.54 Å². The molecule has 0 heterocycles. The molecule has 0 fully saturated rings. The molecule has 0 aliphatic rings. The largest absolute Gasteiger partial charge is 0.465 e. The van der Waals surface area contributed by atoms with Crippen LogP contribution in [-0.2, 0) is 25.3 Å². The summed E-state index contributed by atoms with van der Waals surface area (Å²) >= 11 is 0. The van der Waals surface area contributed by atoms with Crippen LogP contribution in [0.5, 0.6) is 0 Å². The number of aryl methyl sites for hydroxylation is 1. The lowest BCUT2D eigenvalue weighted by Crippen LogP contribution is -2.33. The van der Waals surface area contributed by atoms with E-state index >= 15 is 0 Å². The van der Waals surface area contributed by atoms with Gasteiger partial charge in [0.2, 0.25) is 10.0 Å². The second-order valence-electron chi connectivity index (χ2n) is 4.31. The number of sulfonamides is 1. The molecule has 0 radical (unpaired) electrons. The Hall–Kier alpha value is -1.40. The Kier molecular flexibility index (Phi) is 5.50. The fourth-order valence-electron chi connectivity index (χ4n) is 1.61. The number of esters is 1. The van der Waals surface area contributed by atoms with Crippen molar-refractivity contribution in [3.05, 3.63) is 35.4 Å². The summed E-state index contributed by atoms with van der Waals surface area (Å²) in [6.45, 7) is 3.56. The highest BCUT2D eigenvalue weighted by atomic mass is 32.2. The van der Waals surface area contributed by atoms with Crippen LogP contribution in [0.1, 0.15) is 18.1 Å². The molecule has 0 bridgehead atoms.